The molecule has 1 aliphatic heterocycles. The summed E-state index contributed by atoms with van der Waals surface area (Å²) in [5.41, 5.74) is 4.37. The van der Waals surface area contributed by atoms with E-state index in [4.69, 9.17) is 9.15 Å². The average molecular weight is 509 g/mol. The molecule has 0 bridgehead atoms. The van der Waals surface area contributed by atoms with Gasteiger partial charge in [-0.2, -0.15) is 0 Å². The summed E-state index contributed by atoms with van der Waals surface area (Å²) in [4.78, 5) is 29.5. The van der Waals surface area contributed by atoms with Crippen LogP contribution < -0.4 is 9.64 Å². The predicted molar refractivity (Wildman–Crippen MR) is 151 cm³/mol. The van der Waals surface area contributed by atoms with Crippen molar-refractivity contribution in [3.63, 3.8) is 0 Å². The van der Waals surface area contributed by atoms with Gasteiger partial charge in [0.15, 0.2) is 22.9 Å². The Labute approximate surface area is 223 Å². The normalized spacial score (nSPS) is 15.0. The first-order chi connectivity index (χ1) is 18.4. The van der Waals surface area contributed by atoms with Crippen molar-refractivity contribution in [2.75, 3.05) is 31.1 Å². The fraction of sp³-hybridized carbons (Fsp3) is 0.250. The summed E-state index contributed by atoms with van der Waals surface area (Å²) in [6.45, 7) is 8.29. The van der Waals surface area contributed by atoms with Gasteiger partial charge in [-0.1, -0.05) is 54.6 Å². The topological polar surface area (TPSA) is 63.0 Å². The molecule has 1 atom stereocenters. The first-order valence-electron chi connectivity index (χ1n) is 13.0. The lowest BCUT2D eigenvalue weighted by molar-refractivity contribution is -0.126. The minimum absolute atomic E-state index is 0.0170. The van der Waals surface area contributed by atoms with Crippen LogP contribution in [0.4, 0.5) is 5.69 Å². The zero-order valence-electron chi connectivity index (χ0n) is 22.0. The maximum atomic E-state index is 13.2. The number of para-hydroxylation sites is 1. The van der Waals surface area contributed by atoms with Crippen LogP contribution in [0.1, 0.15) is 48.6 Å². The zero-order chi connectivity index (χ0) is 26.6. The highest BCUT2D eigenvalue weighted by molar-refractivity contribution is 6.04. The number of anilines is 1. The number of amides is 1. The molecule has 1 unspecified atom stereocenters. The Morgan fingerprint density at radius 3 is 2.21 bits per heavy atom. The van der Waals surface area contributed by atoms with Gasteiger partial charge in [0, 0.05) is 50.3 Å². The molecule has 6 heteroatoms. The minimum atomic E-state index is -0.205. The Hall–Kier alpha value is -4.32. The van der Waals surface area contributed by atoms with E-state index in [2.05, 4.69) is 17.0 Å². The summed E-state index contributed by atoms with van der Waals surface area (Å²) >= 11 is 0. The number of hydrogen-bond acceptors (Lipinski definition) is 5. The van der Waals surface area contributed by atoms with Gasteiger partial charge in [-0.3, -0.25) is 9.59 Å². The highest BCUT2D eigenvalue weighted by Gasteiger charge is 2.22. The van der Waals surface area contributed by atoms with Crippen molar-refractivity contribution in [1.82, 2.24) is 4.90 Å². The Morgan fingerprint density at radius 1 is 0.895 bits per heavy atom. The van der Waals surface area contributed by atoms with E-state index in [1.165, 1.54) is 12.6 Å². The number of rotatable bonds is 7. The summed E-state index contributed by atoms with van der Waals surface area (Å²) < 4.78 is 12.2. The van der Waals surface area contributed by atoms with Crippen molar-refractivity contribution in [1.29, 1.82) is 0 Å². The van der Waals surface area contributed by atoms with Crippen molar-refractivity contribution >= 4 is 33.9 Å². The van der Waals surface area contributed by atoms with Crippen molar-refractivity contribution in [3.05, 3.63) is 102 Å². The van der Waals surface area contributed by atoms with Gasteiger partial charge >= 0.3 is 0 Å². The lowest BCUT2D eigenvalue weighted by atomic mass is 10.0. The van der Waals surface area contributed by atoms with Crippen LogP contribution in [0.2, 0.25) is 0 Å². The van der Waals surface area contributed by atoms with E-state index in [-0.39, 0.29) is 23.6 Å². The van der Waals surface area contributed by atoms with Gasteiger partial charge in [0.1, 0.15) is 6.10 Å². The molecule has 1 aliphatic rings. The van der Waals surface area contributed by atoms with Gasteiger partial charge in [0.2, 0.25) is 5.91 Å². The van der Waals surface area contributed by atoms with Crippen LogP contribution in [0.3, 0.4) is 0 Å². The molecule has 4 aromatic rings. The van der Waals surface area contributed by atoms with Gasteiger partial charge < -0.3 is 19.0 Å². The van der Waals surface area contributed by atoms with Gasteiger partial charge in [-0.25, -0.2) is 0 Å². The summed E-state index contributed by atoms with van der Waals surface area (Å²) in [7, 11) is 0. The molecule has 194 valence electrons. The summed E-state index contributed by atoms with van der Waals surface area (Å²) in [5, 5.41) is 0.753. The Bertz CT molecular complexity index is 1470. The standard InChI is InChI=1S/C32H32N2O4/c1-22(20-31(36)34-18-16-33(17-19-34)26-12-8-5-9-13-26)27-14-15-29(32-28(27)21-30(38-32)23(2)35)37-24(3)25-10-6-4-7-11-25/h4-15,20-21,24H,16-19H2,1-3H3/b22-20+. The monoisotopic (exact) mass is 508 g/mol. The van der Waals surface area contributed by atoms with Crippen molar-refractivity contribution in [3.8, 4) is 5.75 Å². The molecule has 1 amide bonds. The molecule has 1 fully saturated rings. The number of carbonyl (C=O) groups is 2. The van der Waals surface area contributed by atoms with E-state index < -0.39 is 0 Å². The molecular formula is C32H32N2O4. The number of fused-ring (bicyclic) bond motifs is 1. The Morgan fingerprint density at radius 2 is 1.55 bits per heavy atom. The predicted octanol–water partition coefficient (Wildman–Crippen LogP) is 6.53. The maximum Gasteiger partial charge on any atom is 0.246 e. The van der Waals surface area contributed by atoms with Gasteiger partial charge in [0.05, 0.1) is 0 Å². The van der Waals surface area contributed by atoms with Crippen LogP contribution in [0.15, 0.2) is 89.4 Å². The lowest BCUT2D eigenvalue weighted by Gasteiger charge is -2.35. The molecule has 0 N–H and O–H groups in total. The molecule has 5 rings (SSSR count). The van der Waals surface area contributed by atoms with Gasteiger partial charge in [-0.05, 0) is 54.8 Å². The molecule has 2 heterocycles. The van der Waals surface area contributed by atoms with Crippen LogP contribution in [0, 0.1) is 0 Å². The highest BCUT2D eigenvalue weighted by atomic mass is 16.5. The number of Topliss-reactive ketones (excluding diaryl/α,β-unsaturated/α-hetero) is 1. The fourth-order valence-electron chi connectivity index (χ4n) is 4.87. The quantitative estimate of drug-likeness (QED) is 0.210. The first-order valence-corrected chi connectivity index (χ1v) is 13.0. The number of nitrogens with zero attached hydrogens (tertiary/aromatic N) is 2. The molecule has 3 aromatic carbocycles. The molecule has 1 saturated heterocycles. The third-order valence-electron chi connectivity index (χ3n) is 7.04. The largest absolute Gasteiger partial charge is 0.482 e. The first kappa shape index (κ1) is 25.3. The number of carbonyl (C=O) groups excluding carboxylic acids is 2. The molecule has 6 nitrogen and oxygen atoms in total. The number of piperazine rings is 1. The van der Waals surface area contributed by atoms with E-state index in [1.54, 1.807) is 12.1 Å². The van der Waals surface area contributed by atoms with E-state index in [0.717, 1.165) is 35.2 Å². The van der Waals surface area contributed by atoms with Crippen LogP contribution in [0.5, 0.6) is 5.75 Å². The SMILES string of the molecule is CC(=O)c1cc2c(/C(C)=C/C(=O)N3CCN(c4ccccc4)CC3)ccc(OC(C)c3ccccc3)c2o1. The molecule has 1 aromatic heterocycles. The number of ketones is 1. The maximum absolute atomic E-state index is 13.2. The third kappa shape index (κ3) is 5.35. The summed E-state index contributed by atoms with van der Waals surface area (Å²) in [6.07, 6.45) is 1.48. The molecular weight excluding hydrogens is 476 g/mol. The molecule has 38 heavy (non-hydrogen) atoms. The van der Waals surface area contributed by atoms with Crippen LogP contribution in [-0.2, 0) is 4.79 Å². The second-order valence-electron chi connectivity index (χ2n) is 9.67. The number of benzene rings is 3. The zero-order valence-corrected chi connectivity index (χ0v) is 22.0. The summed E-state index contributed by atoms with van der Waals surface area (Å²) in [5.74, 6) is 0.643. The molecule has 0 radical (unpaired) electrons. The second-order valence-corrected chi connectivity index (χ2v) is 9.67. The highest BCUT2D eigenvalue weighted by Crippen LogP contribution is 2.37. The summed E-state index contributed by atoms with van der Waals surface area (Å²) in [6, 6.07) is 25.7. The third-order valence-corrected chi connectivity index (χ3v) is 7.04. The number of furan rings is 1. The fourth-order valence-corrected chi connectivity index (χ4v) is 4.87. The van der Waals surface area contributed by atoms with E-state index in [9.17, 15) is 9.59 Å². The van der Waals surface area contributed by atoms with Gasteiger partial charge in [0.25, 0.3) is 0 Å². The van der Waals surface area contributed by atoms with E-state index >= 15 is 0 Å². The Balaban J connectivity index is 1.37. The number of allylic oxidation sites excluding steroid dienone is 1. The van der Waals surface area contributed by atoms with Gasteiger partial charge in [-0.15, -0.1) is 0 Å². The van der Waals surface area contributed by atoms with E-state index in [0.29, 0.717) is 24.4 Å². The minimum Gasteiger partial charge on any atom is -0.482 e. The number of hydrogen-bond donors (Lipinski definition) is 0. The number of ether oxygens (including phenoxy) is 1. The second kappa shape index (κ2) is 11.0. The molecule has 0 spiro atoms. The average Bonchev–Trinajstić information content (AvgIpc) is 3.41. The van der Waals surface area contributed by atoms with Crippen molar-refractivity contribution in [2.24, 2.45) is 0 Å². The molecule has 0 aliphatic carbocycles. The smallest absolute Gasteiger partial charge is 0.246 e. The lowest BCUT2D eigenvalue weighted by Crippen LogP contribution is -2.48. The van der Waals surface area contributed by atoms with Crippen LogP contribution in [0.25, 0.3) is 16.5 Å². The molecule has 0 saturated carbocycles. The van der Waals surface area contributed by atoms with Crippen molar-refractivity contribution in [2.45, 2.75) is 26.9 Å². The van der Waals surface area contributed by atoms with Crippen LogP contribution >= 0.6 is 0 Å². The van der Waals surface area contributed by atoms with Crippen molar-refractivity contribution < 1.29 is 18.7 Å². The van der Waals surface area contributed by atoms with E-state index in [1.807, 2.05) is 79.4 Å². The van der Waals surface area contributed by atoms with Crippen LogP contribution in [-0.4, -0.2) is 42.8 Å². The Kier molecular flexibility index (Phi) is 7.31.